The van der Waals surface area contributed by atoms with E-state index in [0.717, 1.165) is 55.1 Å². The van der Waals surface area contributed by atoms with E-state index in [-0.39, 0.29) is 18.3 Å². The molecule has 0 spiro atoms. The third-order valence-electron chi connectivity index (χ3n) is 5.12. The van der Waals surface area contributed by atoms with Crippen molar-refractivity contribution in [2.75, 3.05) is 31.9 Å². The fourth-order valence-corrected chi connectivity index (χ4v) is 3.71. The van der Waals surface area contributed by atoms with Crippen LogP contribution in [0.15, 0.2) is 54.6 Å². The SMILES string of the molecule is Cc1nn(-c2ccccc2)c(N)c1-c1cccc(C(=O)N2CCCNCC2)c1.Cl. The molecule has 29 heavy (non-hydrogen) atoms. The third kappa shape index (κ3) is 4.28. The molecule has 6 nitrogen and oxygen atoms in total. The van der Waals surface area contributed by atoms with Gasteiger partial charge < -0.3 is 16.0 Å². The van der Waals surface area contributed by atoms with Gasteiger partial charge in [-0.2, -0.15) is 5.10 Å². The average molecular weight is 412 g/mol. The van der Waals surface area contributed by atoms with Crippen LogP contribution in [-0.2, 0) is 0 Å². The smallest absolute Gasteiger partial charge is 0.253 e. The van der Waals surface area contributed by atoms with Crippen molar-refractivity contribution in [2.24, 2.45) is 0 Å². The van der Waals surface area contributed by atoms with Crippen LogP contribution in [0.4, 0.5) is 5.82 Å². The van der Waals surface area contributed by atoms with Gasteiger partial charge in [-0.1, -0.05) is 30.3 Å². The maximum absolute atomic E-state index is 13.0. The lowest BCUT2D eigenvalue weighted by molar-refractivity contribution is 0.0766. The van der Waals surface area contributed by atoms with Gasteiger partial charge in [0.05, 0.1) is 11.4 Å². The van der Waals surface area contributed by atoms with Crippen LogP contribution in [0.3, 0.4) is 0 Å². The minimum Gasteiger partial charge on any atom is -0.383 e. The highest BCUT2D eigenvalue weighted by Crippen LogP contribution is 2.31. The molecule has 3 N–H and O–H groups in total. The summed E-state index contributed by atoms with van der Waals surface area (Å²) in [7, 11) is 0. The Labute approximate surface area is 177 Å². The number of amides is 1. The van der Waals surface area contributed by atoms with Gasteiger partial charge in [-0.25, -0.2) is 4.68 Å². The zero-order valence-corrected chi connectivity index (χ0v) is 17.3. The molecule has 0 unspecified atom stereocenters. The summed E-state index contributed by atoms with van der Waals surface area (Å²) in [4.78, 5) is 14.9. The quantitative estimate of drug-likeness (QED) is 0.693. The Bertz CT molecular complexity index is 978. The molecule has 1 fully saturated rings. The van der Waals surface area contributed by atoms with Crippen molar-refractivity contribution in [1.29, 1.82) is 0 Å². The third-order valence-corrected chi connectivity index (χ3v) is 5.12. The Morgan fingerprint density at radius 3 is 2.66 bits per heavy atom. The van der Waals surface area contributed by atoms with Gasteiger partial charge >= 0.3 is 0 Å². The lowest BCUT2D eigenvalue weighted by atomic mass is 10.0. The minimum atomic E-state index is 0. The number of aromatic nitrogens is 2. The van der Waals surface area contributed by atoms with E-state index < -0.39 is 0 Å². The van der Waals surface area contributed by atoms with E-state index in [4.69, 9.17) is 5.73 Å². The van der Waals surface area contributed by atoms with Crippen LogP contribution in [-0.4, -0.2) is 46.8 Å². The highest BCUT2D eigenvalue weighted by atomic mass is 35.5. The van der Waals surface area contributed by atoms with Crippen LogP contribution < -0.4 is 11.1 Å². The molecule has 0 aliphatic carbocycles. The Balaban J connectivity index is 0.00000240. The number of carbonyl (C=O) groups is 1. The molecule has 3 aromatic rings. The fourth-order valence-electron chi connectivity index (χ4n) is 3.71. The van der Waals surface area contributed by atoms with Crippen LogP contribution >= 0.6 is 12.4 Å². The first kappa shape index (κ1) is 20.9. The molecular weight excluding hydrogens is 386 g/mol. The van der Waals surface area contributed by atoms with E-state index >= 15 is 0 Å². The molecular formula is C22H26ClN5O. The lowest BCUT2D eigenvalue weighted by Crippen LogP contribution is -2.34. The molecule has 1 aromatic heterocycles. The second kappa shape index (κ2) is 9.11. The number of carbonyl (C=O) groups excluding carboxylic acids is 1. The first-order valence-corrected chi connectivity index (χ1v) is 9.66. The predicted octanol–water partition coefficient (Wildman–Crippen LogP) is 3.29. The molecule has 1 amide bonds. The Morgan fingerprint density at radius 2 is 1.86 bits per heavy atom. The highest BCUT2D eigenvalue weighted by molar-refractivity contribution is 5.96. The van der Waals surface area contributed by atoms with Crippen molar-refractivity contribution < 1.29 is 4.79 Å². The molecule has 1 aliphatic rings. The van der Waals surface area contributed by atoms with Gasteiger partial charge in [0.1, 0.15) is 5.82 Å². The normalized spacial score (nSPS) is 14.2. The number of aryl methyl sites for hydroxylation is 1. The number of para-hydroxylation sites is 1. The molecule has 0 radical (unpaired) electrons. The van der Waals surface area contributed by atoms with Gasteiger partial charge in [0, 0.05) is 30.8 Å². The van der Waals surface area contributed by atoms with Gasteiger partial charge in [-0.15, -0.1) is 12.4 Å². The summed E-state index contributed by atoms with van der Waals surface area (Å²) >= 11 is 0. The number of benzene rings is 2. The Morgan fingerprint density at radius 1 is 1.07 bits per heavy atom. The number of nitrogen functional groups attached to an aromatic ring is 1. The summed E-state index contributed by atoms with van der Waals surface area (Å²) in [6.07, 6.45) is 0.974. The van der Waals surface area contributed by atoms with E-state index in [0.29, 0.717) is 11.4 Å². The topological polar surface area (TPSA) is 76.2 Å². The highest BCUT2D eigenvalue weighted by Gasteiger charge is 2.20. The molecule has 1 aliphatic heterocycles. The van der Waals surface area contributed by atoms with Gasteiger partial charge in [-0.05, 0) is 49.7 Å². The molecule has 0 saturated carbocycles. The van der Waals surface area contributed by atoms with Crippen LogP contribution in [0.1, 0.15) is 22.5 Å². The van der Waals surface area contributed by atoms with Gasteiger partial charge in [0.25, 0.3) is 5.91 Å². The minimum absolute atomic E-state index is 0. The number of hydrogen-bond donors (Lipinski definition) is 2. The van der Waals surface area contributed by atoms with Crippen LogP contribution in [0.25, 0.3) is 16.8 Å². The van der Waals surface area contributed by atoms with Crippen molar-refractivity contribution in [2.45, 2.75) is 13.3 Å². The standard InChI is InChI=1S/C22H25N5O.ClH/c1-16-20(21(23)27(25-16)19-9-3-2-4-10-19)17-7-5-8-18(15-17)22(28)26-13-6-11-24-12-14-26;/h2-5,7-10,15,24H,6,11-14,23H2,1H3;1H. The zero-order valence-electron chi connectivity index (χ0n) is 16.5. The van der Waals surface area contributed by atoms with Crippen molar-refractivity contribution in [3.63, 3.8) is 0 Å². The monoisotopic (exact) mass is 411 g/mol. The fraction of sp³-hybridized carbons (Fsp3) is 0.273. The van der Waals surface area contributed by atoms with Gasteiger partial charge in [-0.3, -0.25) is 4.79 Å². The molecule has 0 bridgehead atoms. The van der Waals surface area contributed by atoms with E-state index in [9.17, 15) is 4.79 Å². The number of anilines is 1. The molecule has 2 heterocycles. The maximum atomic E-state index is 13.0. The van der Waals surface area contributed by atoms with Gasteiger partial charge in [0.15, 0.2) is 0 Å². The number of rotatable bonds is 3. The summed E-state index contributed by atoms with van der Waals surface area (Å²) < 4.78 is 1.75. The molecule has 4 rings (SSSR count). The lowest BCUT2D eigenvalue weighted by Gasteiger charge is -2.20. The summed E-state index contributed by atoms with van der Waals surface area (Å²) in [5.41, 5.74) is 10.7. The second-order valence-electron chi connectivity index (χ2n) is 7.07. The number of nitrogens with zero attached hydrogens (tertiary/aromatic N) is 3. The van der Waals surface area contributed by atoms with E-state index in [1.807, 2.05) is 66.4 Å². The molecule has 152 valence electrons. The summed E-state index contributed by atoms with van der Waals surface area (Å²) in [5.74, 6) is 0.643. The molecule has 7 heteroatoms. The number of hydrogen-bond acceptors (Lipinski definition) is 4. The zero-order chi connectivity index (χ0) is 19.5. The molecule has 1 saturated heterocycles. The predicted molar refractivity (Wildman–Crippen MR) is 119 cm³/mol. The summed E-state index contributed by atoms with van der Waals surface area (Å²) in [6.45, 7) is 5.25. The Hall–Kier alpha value is -2.83. The van der Waals surface area contributed by atoms with Crippen LogP contribution in [0, 0.1) is 6.92 Å². The van der Waals surface area contributed by atoms with Crippen molar-refractivity contribution in [1.82, 2.24) is 20.0 Å². The van der Waals surface area contributed by atoms with E-state index in [1.165, 1.54) is 0 Å². The molecule has 0 atom stereocenters. The van der Waals surface area contributed by atoms with Gasteiger partial charge in [0.2, 0.25) is 0 Å². The maximum Gasteiger partial charge on any atom is 0.253 e. The summed E-state index contributed by atoms with van der Waals surface area (Å²) in [5, 5.41) is 7.95. The largest absolute Gasteiger partial charge is 0.383 e. The average Bonchev–Trinajstić information content (AvgIpc) is 2.90. The number of halogens is 1. The van der Waals surface area contributed by atoms with E-state index in [2.05, 4.69) is 10.4 Å². The Kier molecular flexibility index (Phi) is 6.56. The van der Waals surface area contributed by atoms with Crippen LogP contribution in [0.5, 0.6) is 0 Å². The van der Waals surface area contributed by atoms with Crippen molar-refractivity contribution in [3.05, 3.63) is 65.9 Å². The first-order valence-electron chi connectivity index (χ1n) is 9.66. The number of nitrogens with two attached hydrogens (primary N) is 1. The second-order valence-corrected chi connectivity index (χ2v) is 7.07. The van der Waals surface area contributed by atoms with Crippen LogP contribution in [0.2, 0.25) is 0 Å². The van der Waals surface area contributed by atoms with Crippen molar-refractivity contribution >= 4 is 24.1 Å². The van der Waals surface area contributed by atoms with E-state index in [1.54, 1.807) is 4.68 Å². The summed E-state index contributed by atoms with van der Waals surface area (Å²) in [6, 6.07) is 17.5. The number of nitrogens with one attached hydrogen (secondary N) is 1. The van der Waals surface area contributed by atoms with Crippen molar-refractivity contribution in [3.8, 4) is 16.8 Å². The molecule has 2 aromatic carbocycles. The first-order chi connectivity index (χ1) is 13.6.